The first kappa shape index (κ1) is 11.4. The molecule has 0 unspecified atom stereocenters. The number of benzene rings is 1. The second kappa shape index (κ2) is 4.72. The van der Waals surface area contributed by atoms with Crippen molar-refractivity contribution in [3.05, 3.63) is 24.3 Å². The summed E-state index contributed by atoms with van der Waals surface area (Å²) in [7, 11) is 4.81. The van der Waals surface area contributed by atoms with Gasteiger partial charge in [-0.3, -0.25) is 0 Å². The number of hydrogen-bond donors (Lipinski definition) is 0. The van der Waals surface area contributed by atoms with Crippen LogP contribution >= 0.6 is 21.4 Å². The van der Waals surface area contributed by atoms with E-state index in [1.165, 1.54) is 0 Å². The molecule has 7 heteroatoms. The Bertz CT molecular complexity index is 373. The molecule has 0 saturated heterocycles. The van der Waals surface area contributed by atoms with Gasteiger partial charge in [-0.15, -0.1) is 0 Å². The van der Waals surface area contributed by atoms with Crippen LogP contribution in [-0.2, 0) is 8.26 Å². The van der Waals surface area contributed by atoms with Crippen LogP contribution in [0.4, 0.5) is 0 Å². The van der Waals surface area contributed by atoms with Crippen molar-refractivity contribution in [1.82, 2.24) is 0 Å². The van der Waals surface area contributed by atoms with Crippen molar-refractivity contribution in [3.8, 4) is 11.5 Å². The third-order valence-corrected chi connectivity index (χ3v) is 1.28. The predicted octanol–water partition coefficient (Wildman–Crippen LogP) is 2.12. The number of halogens is 2. The third-order valence-electron chi connectivity index (χ3n) is 1.28. The lowest BCUT2D eigenvalue weighted by atomic mass is 10.3. The Balaban J connectivity index is 0.000000171. The van der Waals surface area contributed by atoms with Crippen molar-refractivity contribution in [2.45, 2.75) is 0 Å². The summed E-state index contributed by atoms with van der Waals surface area (Å²) in [5.74, 6) is 1.69. The average Bonchev–Trinajstić information content (AvgIpc) is 2.47. The Kier molecular flexibility index (Phi) is 3.86. The standard InChI is InChI=1S/C7H6O2.Cl2O2S/c1-2-4-7-6(3-1)8-5-9-7;1-5(2,3)4/h1-4H,5H2;. The molecule has 14 heavy (non-hydrogen) atoms. The zero-order valence-electron chi connectivity index (χ0n) is 6.81. The van der Waals surface area contributed by atoms with E-state index < -0.39 is 8.26 Å². The van der Waals surface area contributed by atoms with E-state index in [1.54, 1.807) is 0 Å². The minimum Gasteiger partial charge on any atom is -0.454 e. The third kappa shape index (κ3) is 4.55. The van der Waals surface area contributed by atoms with Crippen LogP contribution in [0.25, 0.3) is 0 Å². The number of rotatable bonds is 0. The normalized spacial score (nSPS) is 13.0. The van der Waals surface area contributed by atoms with Gasteiger partial charge in [0.1, 0.15) is 0 Å². The molecule has 0 aromatic heterocycles. The highest BCUT2D eigenvalue weighted by molar-refractivity contribution is 8.31. The Hall–Kier alpha value is -0.650. The first-order chi connectivity index (χ1) is 6.47. The van der Waals surface area contributed by atoms with Gasteiger partial charge in [0, 0.05) is 21.4 Å². The number of para-hydroxylation sites is 2. The highest BCUT2D eigenvalue weighted by atomic mass is 36.0. The Morgan fingerprint density at radius 2 is 1.43 bits per heavy atom. The molecule has 1 aromatic carbocycles. The van der Waals surface area contributed by atoms with Crippen molar-refractivity contribution >= 4 is 29.6 Å². The maximum atomic E-state index is 9.16. The van der Waals surface area contributed by atoms with Gasteiger partial charge in [-0.25, -0.2) is 0 Å². The molecule has 0 amide bonds. The minimum atomic E-state index is -3.72. The van der Waals surface area contributed by atoms with Gasteiger partial charge >= 0.3 is 8.26 Å². The maximum absolute atomic E-state index is 9.16. The Labute approximate surface area is 90.3 Å². The van der Waals surface area contributed by atoms with Gasteiger partial charge in [-0.05, 0) is 12.1 Å². The van der Waals surface area contributed by atoms with E-state index in [1.807, 2.05) is 24.3 Å². The molecule has 0 atom stereocenters. The number of ether oxygens (including phenoxy) is 2. The van der Waals surface area contributed by atoms with Crippen molar-refractivity contribution in [2.75, 3.05) is 6.79 Å². The second-order valence-corrected chi connectivity index (χ2v) is 5.90. The van der Waals surface area contributed by atoms with E-state index in [2.05, 4.69) is 21.4 Å². The van der Waals surface area contributed by atoms with Gasteiger partial charge in [0.05, 0.1) is 0 Å². The van der Waals surface area contributed by atoms with Gasteiger partial charge in [-0.2, -0.15) is 8.42 Å². The zero-order chi connectivity index (χ0) is 10.6. The summed E-state index contributed by atoms with van der Waals surface area (Å²) in [6.07, 6.45) is 0. The van der Waals surface area contributed by atoms with Gasteiger partial charge in [0.2, 0.25) is 6.79 Å². The van der Waals surface area contributed by atoms with E-state index in [9.17, 15) is 0 Å². The van der Waals surface area contributed by atoms with E-state index in [4.69, 9.17) is 17.9 Å². The quantitative estimate of drug-likeness (QED) is 0.668. The predicted molar refractivity (Wildman–Crippen MR) is 53.2 cm³/mol. The summed E-state index contributed by atoms with van der Waals surface area (Å²) in [5.41, 5.74) is 0. The van der Waals surface area contributed by atoms with Gasteiger partial charge < -0.3 is 9.47 Å². The van der Waals surface area contributed by atoms with Crippen LogP contribution in [0.1, 0.15) is 0 Å². The van der Waals surface area contributed by atoms with Crippen LogP contribution in [0.2, 0.25) is 0 Å². The van der Waals surface area contributed by atoms with Crippen molar-refractivity contribution in [2.24, 2.45) is 0 Å². The van der Waals surface area contributed by atoms with Gasteiger partial charge in [-0.1, -0.05) is 12.1 Å². The fraction of sp³-hybridized carbons (Fsp3) is 0.143. The lowest BCUT2D eigenvalue weighted by Gasteiger charge is -1.89. The van der Waals surface area contributed by atoms with Gasteiger partial charge in [0.15, 0.2) is 11.5 Å². The molecule has 1 aliphatic heterocycles. The molecular formula is C7H6Cl2O4S. The molecule has 0 bridgehead atoms. The van der Waals surface area contributed by atoms with Crippen LogP contribution in [-0.4, -0.2) is 15.2 Å². The molecule has 2 rings (SSSR count). The fourth-order valence-corrected chi connectivity index (χ4v) is 0.845. The molecule has 0 fully saturated rings. The van der Waals surface area contributed by atoms with E-state index in [0.717, 1.165) is 11.5 Å². The molecule has 1 heterocycles. The monoisotopic (exact) mass is 256 g/mol. The Morgan fingerprint density at radius 1 is 1.07 bits per heavy atom. The summed E-state index contributed by atoms with van der Waals surface area (Å²) < 4.78 is 28.5. The SMILES string of the molecule is O=S(=O)(Cl)Cl.c1ccc2c(c1)OCO2. The molecular weight excluding hydrogens is 251 g/mol. The summed E-state index contributed by atoms with van der Waals surface area (Å²) in [5, 5.41) is 0. The molecule has 0 spiro atoms. The van der Waals surface area contributed by atoms with E-state index in [-0.39, 0.29) is 0 Å². The molecule has 0 aliphatic carbocycles. The molecule has 1 aromatic rings. The largest absolute Gasteiger partial charge is 0.454 e. The first-order valence-corrected chi connectivity index (χ1v) is 6.59. The lowest BCUT2D eigenvalue weighted by Crippen LogP contribution is -1.92. The molecule has 0 saturated carbocycles. The second-order valence-electron chi connectivity index (χ2n) is 2.23. The summed E-state index contributed by atoms with van der Waals surface area (Å²) in [4.78, 5) is 0. The Morgan fingerprint density at radius 3 is 1.79 bits per heavy atom. The van der Waals surface area contributed by atoms with Crippen molar-refractivity contribution < 1.29 is 17.9 Å². The summed E-state index contributed by atoms with van der Waals surface area (Å²) in [6.45, 7) is 0.360. The van der Waals surface area contributed by atoms with Crippen molar-refractivity contribution in [3.63, 3.8) is 0 Å². The number of fused-ring (bicyclic) bond motifs is 1. The molecule has 0 N–H and O–H groups in total. The average molecular weight is 257 g/mol. The molecule has 1 aliphatic rings. The van der Waals surface area contributed by atoms with E-state index in [0.29, 0.717) is 6.79 Å². The molecule has 4 nitrogen and oxygen atoms in total. The maximum Gasteiger partial charge on any atom is 0.317 e. The highest BCUT2D eigenvalue weighted by Crippen LogP contribution is 2.30. The molecule has 0 radical (unpaired) electrons. The van der Waals surface area contributed by atoms with Crippen LogP contribution in [0.15, 0.2) is 24.3 Å². The van der Waals surface area contributed by atoms with Crippen LogP contribution in [0.3, 0.4) is 0 Å². The lowest BCUT2D eigenvalue weighted by molar-refractivity contribution is 0.174. The van der Waals surface area contributed by atoms with Crippen LogP contribution < -0.4 is 9.47 Å². The smallest absolute Gasteiger partial charge is 0.317 e. The van der Waals surface area contributed by atoms with E-state index >= 15 is 0 Å². The summed E-state index contributed by atoms with van der Waals surface area (Å²) >= 11 is 0. The van der Waals surface area contributed by atoms with Crippen molar-refractivity contribution in [1.29, 1.82) is 0 Å². The zero-order valence-corrected chi connectivity index (χ0v) is 9.14. The fourth-order valence-electron chi connectivity index (χ4n) is 0.845. The van der Waals surface area contributed by atoms with Crippen LogP contribution in [0, 0.1) is 0 Å². The molecule has 78 valence electrons. The first-order valence-electron chi connectivity index (χ1n) is 3.45. The topological polar surface area (TPSA) is 52.6 Å². The minimum absolute atomic E-state index is 0.360. The van der Waals surface area contributed by atoms with Crippen LogP contribution in [0.5, 0.6) is 11.5 Å². The number of hydrogen-bond acceptors (Lipinski definition) is 4. The summed E-state index contributed by atoms with van der Waals surface area (Å²) in [6, 6.07) is 7.63. The van der Waals surface area contributed by atoms with Gasteiger partial charge in [0.25, 0.3) is 0 Å². The highest BCUT2D eigenvalue weighted by Gasteiger charge is 2.09.